The van der Waals surface area contributed by atoms with Gasteiger partial charge in [0.25, 0.3) is 0 Å². The number of carbonyl (C=O) groups is 1. The largest absolute Gasteiger partial charge is 0.454 e. The van der Waals surface area contributed by atoms with E-state index in [0.29, 0.717) is 23.6 Å². The van der Waals surface area contributed by atoms with Crippen LogP contribution in [0, 0.1) is 0 Å². The van der Waals surface area contributed by atoms with E-state index in [1.54, 1.807) is 25.1 Å². The molecule has 0 aromatic heterocycles. The minimum Gasteiger partial charge on any atom is -0.454 e. The van der Waals surface area contributed by atoms with E-state index in [0.717, 1.165) is 9.87 Å². The molecule has 0 spiro atoms. The fourth-order valence-corrected chi connectivity index (χ4v) is 4.30. The van der Waals surface area contributed by atoms with Gasteiger partial charge in [-0.3, -0.25) is 9.10 Å². The van der Waals surface area contributed by atoms with Gasteiger partial charge in [0.15, 0.2) is 11.5 Å². The van der Waals surface area contributed by atoms with Gasteiger partial charge in [-0.15, -0.1) is 0 Å². The van der Waals surface area contributed by atoms with E-state index in [2.05, 4.69) is 5.32 Å². The third kappa shape index (κ3) is 5.20. The maximum atomic E-state index is 12.8. The summed E-state index contributed by atoms with van der Waals surface area (Å²) in [7, 11) is -3.66. The van der Waals surface area contributed by atoms with Gasteiger partial charge in [0.1, 0.15) is 6.54 Å². The van der Waals surface area contributed by atoms with Gasteiger partial charge in [0.2, 0.25) is 22.7 Å². The van der Waals surface area contributed by atoms with Crippen LogP contribution < -0.4 is 19.1 Å². The molecule has 0 fully saturated rings. The number of nitrogens with zero attached hydrogens (tertiary/aromatic N) is 1. The van der Waals surface area contributed by atoms with Crippen LogP contribution in [0.2, 0.25) is 0 Å². The summed E-state index contributed by atoms with van der Waals surface area (Å²) < 4.78 is 37.1. The topological polar surface area (TPSA) is 84.9 Å². The molecule has 1 aliphatic rings. The van der Waals surface area contributed by atoms with E-state index in [1.165, 1.54) is 0 Å². The Bertz CT molecular complexity index is 974. The van der Waals surface area contributed by atoms with Crippen molar-refractivity contribution in [2.75, 3.05) is 23.4 Å². The number of amides is 1. The molecular weight excluding hydrogens is 392 g/mol. The summed E-state index contributed by atoms with van der Waals surface area (Å²) in [4.78, 5) is 12.8. The van der Waals surface area contributed by atoms with Crippen LogP contribution in [-0.2, 0) is 21.2 Å². The van der Waals surface area contributed by atoms with E-state index in [9.17, 15) is 13.2 Å². The predicted octanol–water partition coefficient (Wildman–Crippen LogP) is 2.71. The second kappa shape index (κ2) is 8.32. The van der Waals surface area contributed by atoms with Crippen molar-refractivity contribution >= 4 is 21.6 Å². The van der Waals surface area contributed by atoms with Crippen molar-refractivity contribution in [3.63, 3.8) is 0 Å². The third-order valence-electron chi connectivity index (χ3n) is 4.60. The van der Waals surface area contributed by atoms with E-state index in [4.69, 9.17) is 9.47 Å². The van der Waals surface area contributed by atoms with Gasteiger partial charge in [-0.05, 0) is 44.9 Å². The standard InChI is InChI=1S/C21H26N2O5S/c1-4-29(25,26)23(17-10-11-18-19(12-17)28-15-27-18)14-20(24)22-21(2,3)13-16-8-6-5-7-9-16/h5-12H,4,13-15H2,1-3H3,(H,22,24). The van der Waals surface area contributed by atoms with Gasteiger partial charge in [-0.1, -0.05) is 30.3 Å². The quantitative estimate of drug-likeness (QED) is 0.713. The van der Waals surface area contributed by atoms with Crippen LogP contribution in [0.3, 0.4) is 0 Å². The Kier molecular flexibility index (Phi) is 6.02. The first-order valence-corrected chi connectivity index (χ1v) is 11.1. The lowest BCUT2D eigenvalue weighted by molar-refractivity contribution is -0.121. The van der Waals surface area contributed by atoms with E-state index >= 15 is 0 Å². The van der Waals surface area contributed by atoms with Crippen molar-refractivity contribution in [2.45, 2.75) is 32.7 Å². The molecule has 1 N–H and O–H groups in total. The van der Waals surface area contributed by atoms with Crippen LogP contribution in [0.25, 0.3) is 0 Å². The van der Waals surface area contributed by atoms with Crippen molar-refractivity contribution in [1.29, 1.82) is 0 Å². The first-order chi connectivity index (χ1) is 13.7. The molecule has 8 heteroatoms. The molecule has 2 aromatic rings. The molecule has 0 atom stereocenters. The average molecular weight is 419 g/mol. The van der Waals surface area contributed by atoms with Crippen LogP contribution in [0.5, 0.6) is 11.5 Å². The van der Waals surface area contributed by atoms with Crippen LogP contribution in [0.1, 0.15) is 26.3 Å². The molecule has 0 bridgehead atoms. The molecule has 1 amide bonds. The number of sulfonamides is 1. The zero-order chi connectivity index (χ0) is 21.1. The molecule has 0 saturated heterocycles. The SMILES string of the molecule is CCS(=O)(=O)N(CC(=O)NC(C)(C)Cc1ccccc1)c1ccc2c(c1)OCO2. The summed E-state index contributed by atoms with van der Waals surface area (Å²) in [5.41, 5.74) is 0.924. The second-order valence-corrected chi connectivity index (χ2v) is 9.72. The molecule has 0 radical (unpaired) electrons. The lowest BCUT2D eigenvalue weighted by atomic mass is 9.95. The Morgan fingerprint density at radius 2 is 1.79 bits per heavy atom. The molecule has 1 aliphatic heterocycles. The highest BCUT2D eigenvalue weighted by atomic mass is 32.2. The Morgan fingerprint density at radius 3 is 2.48 bits per heavy atom. The number of fused-ring (bicyclic) bond motifs is 1. The number of carbonyl (C=O) groups excluding carboxylic acids is 1. The minimum atomic E-state index is -3.66. The summed E-state index contributed by atoms with van der Waals surface area (Å²) in [6.07, 6.45) is 0.629. The molecule has 7 nitrogen and oxygen atoms in total. The number of hydrogen-bond donors (Lipinski definition) is 1. The summed E-state index contributed by atoms with van der Waals surface area (Å²) >= 11 is 0. The fraction of sp³-hybridized carbons (Fsp3) is 0.381. The van der Waals surface area contributed by atoms with Crippen LogP contribution in [0.4, 0.5) is 5.69 Å². The Balaban J connectivity index is 1.76. The molecule has 156 valence electrons. The first-order valence-electron chi connectivity index (χ1n) is 9.45. The Hall–Kier alpha value is -2.74. The lowest BCUT2D eigenvalue weighted by Gasteiger charge is -2.29. The Labute approximate surface area is 171 Å². The van der Waals surface area contributed by atoms with E-state index in [1.807, 2.05) is 44.2 Å². The monoisotopic (exact) mass is 418 g/mol. The molecular formula is C21H26N2O5S. The number of ether oxygens (including phenoxy) is 2. The predicted molar refractivity (Wildman–Crippen MR) is 112 cm³/mol. The molecule has 0 aliphatic carbocycles. The van der Waals surface area contributed by atoms with Crippen LogP contribution in [0.15, 0.2) is 48.5 Å². The summed E-state index contributed by atoms with van der Waals surface area (Å²) in [6.45, 7) is 5.16. The molecule has 1 heterocycles. The number of nitrogens with one attached hydrogen (secondary N) is 1. The van der Waals surface area contributed by atoms with Crippen molar-refractivity contribution < 1.29 is 22.7 Å². The highest BCUT2D eigenvalue weighted by Crippen LogP contribution is 2.36. The number of anilines is 1. The van der Waals surface area contributed by atoms with Crippen molar-refractivity contribution in [3.8, 4) is 11.5 Å². The van der Waals surface area contributed by atoms with Crippen LogP contribution >= 0.6 is 0 Å². The summed E-state index contributed by atoms with van der Waals surface area (Å²) in [6, 6.07) is 14.7. The van der Waals surface area contributed by atoms with Gasteiger partial charge in [-0.2, -0.15) is 0 Å². The van der Waals surface area contributed by atoms with Gasteiger partial charge < -0.3 is 14.8 Å². The molecule has 0 unspecified atom stereocenters. The Morgan fingerprint density at radius 1 is 1.10 bits per heavy atom. The van der Waals surface area contributed by atoms with Gasteiger partial charge in [-0.25, -0.2) is 8.42 Å². The molecule has 3 rings (SSSR count). The lowest BCUT2D eigenvalue weighted by Crippen LogP contribution is -2.50. The number of hydrogen-bond acceptors (Lipinski definition) is 5. The molecule has 0 saturated carbocycles. The molecule has 29 heavy (non-hydrogen) atoms. The number of benzene rings is 2. The van der Waals surface area contributed by atoms with Crippen LogP contribution in [-0.4, -0.2) is 39.0 Å². The minimum absolute atomic E-state index is 0.0907. The summed E-state index contributed by atoms with van der Waals surface area (Å²) in [5.74, 6) is 0.516. The normalized spacial score (nSPS) is 13.2. The fourth-order valence-electron chi connectivity index (χ4n) is 3.24. The van der Waals surface area contributed by atoms with E-state index < -0.39 is 15.6 Å². The summed E-state index contributed by atoms with van der Waals surface area (Å²) in [5, 5.41) is 2.95. The average Bonchev–Trinajstić information content (AvgIpc) is 3.13. The second-order valence-electron chi connectivity index (χ2n) is 7.54. The smallest absolute Gasteiger partial charge is 0.241 e. The maximum absolute atomic E-state index is 12.8. The van der Waals surface area contributed by atoms with Gasteiger partial charge in [0.05, 0.1) is 11.4 Å². The number of rotatable bonds is 8. The van der Waals surface area contributed by atoms with Gasteiger partial charge >= 0.3 is 0 Å². The van der Waals surface area contributed by atoms with Crippen molar-refractivity contribution in [3.05, 3.63) is 54.1 Å². The maximum Gasteiger partial charge on any atom is 0.241 e. The van der Waals surface area contributed by atoms with Crippen molar-refractivity contribution in [2.24, 2.45) is 0 Å². The zero-order valence-electron chi connectivity index (χ0n) is 16.8. The first kappa shape index (κ1) is 21.0. The highest BCUT2D eigenvalue weighted by Gasteiger charge is 2.28. The van der Waals surface area contributed by atoms with E-state index in [-0.39, 0.29) is 25.0 Å². The highest BCUT2D eigenvalue weighted by molar-refractivity contribution is 7.92. The van der Waals surface area contributed by atoms with Crippen molar-refractivity contribution in [1.82, 2.24) is 5.32 Å². The third-order valence-corrected chi connectivity index (χ3v) is 6.34. The zero-order valence-corrected chi connectivity index (χ0v) is 17.7. The van der Waals surface area contributed by atoms with Gasteiger partial charge in [0, 0.05) is 11.6 Å². The molecule has 2 aromatic carbocycles.